The molecule has 0 bridgehead atoms. The number of oxazole rings is 1. The average molecular weight is 746 g/mol. The zero-order chi connectivity index (χ0) is 37.7. The van der Waals surface area contributed by atoms with Gasteiger partial charge >= 0.3 is 0 Å². The lowest BCUT2D eigenvalue weighted by Gasteiger charge is -2.23. The van der Waals surface area contributed by atoms with Crippen LogP contribution < -0.4 is 0 Å². The van der Waals surface area contributed by atoms with Crippen molar-refractivity contribution >= 4 is 53.4 Å². The molecular weight excluding hydrogens is 711 g/mol. The summed E-state index contributed by atoms with van der Waals surface area (Å²) < 4.78 is 8.85. The van der Waals surface area contributed by atoms with E-state index in [0.29, 0.717) is 5.89 Å². The lowest BCUT2D eigenvalue weighted by molar-refractivity contribution is 0.620. The Labute approximate surface area is 335 Å². The van der Waals surface area contributed by atoms with Gasteiger partial charge in [-0.1, -0.05) is 176 Å². The first-order valence-corrected chi connectivity index (χ1v) is 20.2. The van der Waals surface area contributed by atoms with Crippen LogP contribution in [0.2, 0.25) is 0 Å². The minimum Gasteiger partial charge on any atom is -0.436 e. The van der Waals surface area contributed by atoms with Gasteiger partial charge in [0.25, 0.3) is 0 Å². The highest BCUT2D eigenvalue weighted by Gasteiger charge is 2.24. The molecule has 0 aliphatic heterocycles. The molecule has 0 amide bonds. The summed E-state index contributed by atoms with van der Waals surface area (Å²) in [7, 11) is 0. The molecule has 11 aromatic rings. The Bertz CT molecular complexity index is 3210. The Morgan fingerprint density at radius 2 is 1.05 bits per heavy atom. The summed E-state index contributed by atoms with van der Waals surface area (Å²) in [4.78, 5) is 4.92. The first kappa shape index (κ1) is 33.3. The van der Waals surface area contributed by atoms with Gasteiger partial charge in [-0.05, 0) is 91.2 Å². The summed E-state index contributed by atoms with van der Waals surface area (Å²) in [6.45, 7) is 0. The van der Waals surface area contributed by atoms with E-state index in [1.165, 1.54) is 81.0 Å². The van der Waals surface area contributed by atoms with E-state index in [2.05, 4.69) is 176 Å². The number of rotatable bonds is 7. The topological polar surface area (TPSA) is 26.0 Å². The van der Waals surface area contributed by atoms with Crippen LogP contribution >= 0.6 is 11.3 Å². The van der Waals surface area contributed by atoms with E-state index >= 15 is 0 Å². The second kappa shape index (κ2) is 13.9. The molecule has 0 radical (unpaired) electrons. The largest absolute Gasteiger partial charge is 0.436 e. The van der Waals surface area contributed by atoms with Gasteiger partial charge < -0.3 is 4.42 Å². The zero-order valence-electron chi connectivity index (χ0n) is 31.0. The molecule has 0 aliphatic carbocycles. The van der Waals surface area contributed by atoms with Crippen LogP contribution in [-0.4, -0.2) is 4.98 Å². The standard InChI is InChI=1S/C54H35NOS/c1-4-14-35(15-5-1)36-26-28-39(29-27-36)52(41-30-31-44(47(32-41)38-16-6-2-7-17-38)43-23-12-21-37-18-10-11-22-42(37)43)46-25-13-24-45-48-33-50-49(34-51(48)57-53(45)46)55-54(56-50)40-19-8-3-9-20-40/h1-34,52H. The maximum Gasteiger partial charge on any atom is 0.227 e. The molecule has 9 aromatic carbocycles. The molecule has 0 fully saturated rings. The monoisotopic (exact) mass is 745 g/mol. The molecule has 11 rings (SSSR count). The highest BCUT2D eigenvalue weighted by atomic mass is 32.1. The molecule has 0 saturated carbocycles. The second-order valence-corrected chi connectivity index (χ2v) is 15.7. The fraction of sp³-hybridized carbons (Fsp3) is 0.0185. The van der Waals surface area contributed by atoms with E-state index in [-0.39, 0.29) is 5.92 Å². The normalized spacial score (nSPS) is 12.1. The highest BCUT2D eigenvalue weighted by molar-refractivity contribution is 7.26. The number of thiophene rings is 1. The van der Waals surface area contributed by atoms with Crippen molar-refractivity contribution in [3.63, 3.8) is 0 Å². The fourth-order valence-electron chi connectivity index (χ4n) is 8.52. The minimum absolute atomic E-state index is 0.0265. The maximum absolute atomic E-state index is 6.37. The van der Waals surface area contributed by atoms with Gasteiger partial charge in [0.05, 0.1) is 0 Å². The molecule has 1 unspecified atom stereocenters. The maximum atomic E-state index is 6.37. The number of fused-ring (bicyclic) bond motifs is 5. The first-order chi connectivity index (χ1) is 28.2. The number of hydrogen-bond donors (Lipinski definition) is 0. The molecule has 2 heterocycles. The van der Waals surface area contributed by atoms with Crippen LogP contribution in [0, 0.1) is 0 Å². The third-order valence-electron chi connectivity index (χ3n) is 11.3. The van der Waals surface area contributed by atoms with Gasteiger partial charge in [-0.25, -0.2) is 4.98 Å². The molecule has 1 atom stereocenters. The van der Waals surface area contributed by atoms with Crippen molar-refractivity contribution in [3.8, 4) is 44.8 Å². The highest BCUT2D eigenvalue weighted by Crippen LogP contribution is 2.46. The van der Waals surface area contributed by atoms with E-state index in [1.54, 1.807) is 0 Å². The summed E-state index contributed by atoms with van der Waals surface area (Å²) in [6.07, 6.45) is 0. The zero-order valence-corrected chi connectivity index (χ0v) is 31.8. The lowest BCUT2D eigenvalue weighted by Crippen LogP contribution is -2.05. The Balaban J connectivity index is 1.12. The van der Waals surface area contributed by atoms with Crippen molar-refractivity contribution in [2.45, 2.75) is 5.92 Å². The molecule has 0 N–H and O–H groups in total. The summed E-state index contributed by atoms with van der Waals surface area (Å²) in [5, 5.41) is 4.91. The molecule has 2 aromatic heterocycles. The van der Waals surface area contributed by atoms with Gasteiger partial charge in [-0.15, -0.1) is 11.3 Å². The summed E-state index contributed by atoms with van der Waals surface area (Å²) in [6, 6.07) is 74.4. The second-order valence-electron chi connectivity index (χ2n) is 14.6. The smallest absolute Gasteiger partial charge is 0.227 e. The van der Waals surface area contributed by atoms with Crippen LogP contribution in [0.15, 0.2) is 211 Å². The SMILES string of the molecule is c1ccc(-c2ccc(C(c3ccc(-c4cccc5ccccc45)c(-c4ccccc4)c3)c3cccc4c3sc3cc5nc(-c6ccccc6)oc5cc34)cc2)cc1. The summed E-state index contributed by atoms with van der Waals surface area (Å²) in [5.41, 5.74) is 13.7. The molecule has 268 valence electrons. The van der Waals surface area contributed by atoms with Crippen LogP contribution in [0.3, 0.4) is 0 Å². The molecule has 57 heavy (non-hydrogen) atoms. The quantitative estimate of drug-likeness (QED) is 0.152. The van der Waals surface area contributed by atoms with Gasteiger partial charge in [0.1, 0.15) is 5.52 Å². The van der Waals surface area contributed by atoms with Crippen LogP contribution in [0.1, 0.15) is 22.6 Å². The van der Waals surface area contributed by atoms with E-state index in [0.717, 1.165) is 16.7 Å². The Morgan fingerprint density at radius 3 is 1.84 bits per heavy atom. The van der Waals surface area contributed by atoms with Gasteiger partial charge in [-0.2, -0.15) is 0 Å². The van der Waals surface area contributed by atoms with E-state index < -0.39 is 0 Å². The number of benzene rings is 9. The third kappa shape index (κ3) is 5.92. The van der Waals surface area contributed by atoms with Crippen LogP contribution in [0.25, 0.3) is 86.9 Å². The van der Waals surface area contributed by atoms with Crippen molar-refractivity contribution in [2.24, 2.45) is 0 Å². The predicted octanol–water partition coefficient (Wildman–Crippen LogP) is 15.2. The Kier molecular flexibility index (Phi) is 8.12. The van der Waals surface area contributed by atoms with E-state index in [1.807, 2.05) is 41.7 Å². The average Bonchev–Trinajstić information content (AvgIpc) is 3.88. The lowest BCUT2D eigenvalue weighted by atomic mass is 9.81. The number of nitrogens with zero attached hydrogens (tertiary/aromatic N) is 1. The van der Waals surface area contributed by atoms with Gasteiger partial charge in [0.15, 0.2) is 5.58 Å². The van der Waals surface area contributed by atoms with Crippen molar-refractivity contribution in [2.75, 3.05) is 0 Å². The molecule has 0 spiro atoms. The van der Waals surface area contributed by atoms with Crippen molar-refractivity contribution in [1.82, 2.24) is 4.98 Å². The van der Waals surface area contributed by atoms with Gasteiger partial charge in [0, 0.05) is 31.7 Å². The first-order valence-electron chi connectivity index (χ1n) is 19.4. The van der Waals surface area contributed by atoms with Gasteiger partial charge in [-0.3, -0.25) is 0 Å². The third-order valence-corrected chi connectivity index (χ3v) is 12.5. The fourth-order valence-corrected chi connectivity index (χ4v) is 9.78. The van der Waals surface area contributed by atoms with Crippen LogP contribution in [0.4, 0.5) is 0 Å². The van der Waals surface area contributed by atoms with E-state index in [9.17, 15) is 0 Å². The Hall–Kier alpha value is -7.07. The van der Waals surface area contributed by atoms with Gasteiger partial charge in [0.2, 0.25) is 5.89 Å². The molecule has 0 saturated heterocycles. The summed E-state index contributed by atoms with van der Waals surface area (Å²) >= 11 is 1.85. The predicted molar refractivity (Wildman–Crippen MR) is 240 cm³/mol. The van der Waals surface area contributed by atoms with E-state index in [4.69, 9.17) is 9.40 Å². The molecule has 3 heteroatoms. The van der Waals surface area contributed by atoms with Crippen molar-refractivity contribution < 1.29 is 4.42 Å². The molecular formula is C54H35NOS. The molecule has 0 aliphatic rings. The summed E-state index contributed by atoms with van der Waals surface area (Å²) in [5.74, 6) is 0.620. The van der Waals surface area contributed by atoms with Crippen LogP contribution in [-0.2, 0) is 0 Å². The van der Waals surface area contributed by atoms with Crippen LogP contribution in [0.5, 0.6) is 0 Å². The molecule has 2 nitrogen and oxygen atoms in total. The number of aromatic nitrogens is 1. The van der Waals surface area contributed by atoms with Crippen molar-refractivity contribution in [1.29, 1.82) is 0 Å². The Morgan fingerprint density at radius 1 is 0.421 bits per heavy atom. The minimum atomic E-state index is -0.0265. The number of hydrogen-bond acceptors (Lipinski definition) is 3. The van der Waals surface area contributed by atoms with Crippen molar-refractivity contribution in [3.05, 3.63) is 223 Å².